The molecule has 0 aliphatic carbocycles. The molecular formula is C22H21ClN2O3S. The number of amides is 1. The fourth-order valence-corrected chi connectivity index (χ4v) is 4.10. The summed E-state index contributed by atoms with van der Waals surface area (Å²) >= 11 is 7.62. The summed E-state index contributed by atoms with van der Waals surface area (Å²) in [5, 5.41) is 6.14. The molecule has 0 spiro atoms. The summed E-state index contributed by atoms with van der Waals surface area (Å²) in [5.74, 6) is 0.552. The van der Waals surface area contributed by atoms with Crippen molar-refractivity contribution in [2.45, 2.75) is 25.6 Å². The predicted octanol–water partition coefficient (Wildman–Crippen LogP) is 4.95. The Morgan fingerprint density at radius 2 is 2.17 bits per heavy atom. The average Bonchev–Trinajstić information content (AvgIpc) is 3.44. The molecule has 2 heterocycles. The monoisotopic (exact) mass is 428 g/mol. The molecular weight excluding hydrogens is 408 g/mol. The van der Waals surface area contributed by atoms with Gasteiger partial charge >= 0.3 is 0 Å². The van der Waals surface area contributed by atoms with Crippen LogP contribution in [0, 0.1) is 0 Å². The van der Waals surface area contributed by atoms with Gasteiger partial charge in [0.2, 0.25) is 0 Å². The summed E-state index contributed by atoms with van der Waals surface area (Å²) in [6.07, 6.45) is 2.16. The highest BCUT2D eigenvalue weighted by Gasteiger charge is 2.18. The highest BCUT2D eigenvalue weighted by atomic mass is 35.5. The quantitative estimate of drug-likeness (QED) is 0.578. The van der Waals surface area contributed by atoms with E-state index in [4.69, 9.17) is 21.1 Å². The van der Waals surface area contributed by atoms with Crippen LogP contribution in [0.25, 0.3) is 10.6 Å². The Morgan fingerprint density at radius 3 is 3.00 bits per heavy atom. The largest absolute Gasteiger partial charge is 0.489 e. The summed E-state index contributed by atoms with van der Waals surface area (Å²) in [5.41, 5.74) is 2.26. The summed E-state index contributed by atoms with van der Waals surface area (Å²) in [4.78, 5) is 16.8. The van der Waals surface area contributed by atoms with Gasteiger partial charge in [-0.1, -0.05) is 41.9 Å². The molecule has 4 rings (SSSR count). The van der Waals surface area contributed by atoms with Crippen LogP contribution in [0.2, 0.25) is 5.02 Å². The van der Waals surface area contributed by atoms with Gasteiger partial charge in [0.15, 0.2) is 0 Å². The maximum absolute atomic E-state index is 12.3. The molecule has 1 atom stereocenters. The van der Waals surface area contributed by atoms with E-state index in [1.54, 1.807) is 5.38 Å². The number of nitrogens with one attached hydrogen (secondary N) is 1. The van der Waals surface area contributed by atoms with Crippen molar-refractivity contribution < 1.29 is 14.3 Å². The van der Waals surface area contributed by atoms with Crippen molar-refractivity contribution in [1.82, 2.24) is 10.3 Å². The second-order valence-corrected chi connectivity index (χ2v) is 8.06. The molecule has 1 saturated heterocycles. The lowest BCUT2D eigenvalue weighted by Gasteiger charge is -2.09. The van der Waals surface area contributed by atoms with Crippen molar-refractivity contribution in [3.8, 4) is 16.3 Å². The third-order valence-corrected chi connectivity index (χ3v) is 5.94. The van der Waals surface area contributed by atoms with Crippen LogP contribution in [0.3, 0.4) is 0 Å². The van der Waals surface area contributed by atoms with Crippen molar-refractivity contribution >= 4 is 28.8 Å². The summed E-state index contributed by atoms with van der Waals surface area (Å²) < 4.78 is 11.4. The first-order chi connectivity index (χ1) is 14.2. The molecule has 1 fully saturated rings. The fraction of sp³-hybridized carbons (Fsp3) is 0.273. The van der Waals surface area contributed by atoms with Gasteiger partial charge in [-0.25, -0.2) is 4.98 Å². The number of ether oxygens (including phenoxy) is 2. The molecule has 2 aromatic carbocycles. The van der Waals surface area contributed by atoms with Crippen LogP contribution in [-0.2, 0) is 11.3 Å². The zero-order chi connectivity index (χ0) is 20.1. The maximum atomic E-state index is 12.3. The van der Waals surface area contributed by atoms with Crippen LogP contribution in [-0.4, -0.2) is 30.1 Å². The van der Waals surface area contributed by atoms with Gasteiger partial charge in [-0.3, -0.25) is 4.79 Å². The molecule has 1 aliphatic heterocycles. The Morgan fingerprint density at radius 1 is 1.28 bits per heavy atom. The number of thiazole rings is 1. The summed E-state index contributed by atoms with van der Waals surface area (Å²) in [6.45, 7) is 1.69. The summed E-state index contributed by atoms with van der Waals surface area (Å²) in [6, 6.07) is 15.3. The van der Waals surface area contributed by atoms with Gasteiger partial charge in [0.25, 0.3) is 5.91 Å². The molecule has 1 aromatic heterocycles. The number of halogens is 1. The first kappa shape index (κ1) is 19.9. The van der Waals surface area contributed by atoms with Gasteiger partial charge in [0, 0.05) is 34.7 Å². The topological polar surface area (TPSA) is 60.5 Å². The Labute approximate surface area is 178 Å². The first-order valence-electron chi connectivity index (χ1n) is 9.51. The number of carbonyl (C=O) groups is 1. The minimum atomic E-state index is -0.172. The number of carbonyl (C=O) groups excluding carboxylic acids is 1. The number of nitrogens with zero attached hydrogens (tertiary/aromatic N) is 1. The molecule has 1 amide bonds. The Balaban J connectivity index is 1.39. The zero-order valence-electron chi connectivity index (χ0n) is 15.8. The minimum Gasteiger partial charge on any atom is -0.489 e. The van der Waals surface area contributed by atoms with E-state index in [2.05, 4.69) is 10.3 Å². The SMILES string of the molecule is O=C(NCC1CCCO1)c1csc(-c2cccc(OCc3ccccc3Cl)c2)n1. The lowest BCUT2D eigenvalue weighted by atomic mass is 10.2. The zero-order valence-corrected chi connectivity index (χ0v) is 17.3. The molecule has 7 heteroatoms. The molecule has 0 saturated carbocycles. The lowest BCUT2D eigenvalue weighted by Crippen LogP contribution is -2.31. The van der Waals surface area contributed by atoms with Crippen molar-refractivity contribution in [1.29, 1.82) is 0 Å². The van der Waals surface area contributed by atoms with Crippen LogP contribution >= 0.6 is 22.9 Å². The molecule has 150 valence electrons. The molecule has 1 N–H and O–H groups in total. The van der Waals surface area contributed by atoms with E-state index >= 15 is 0 Å². The minimum absolute atomic E-state index is 0.115. The number of benzene rings is 2. The third-order valence-electron chi connectivity index (χ3n) is 4.68. The number of aromatic nitrogens is 1. The normalized spacial score (nSPS) is 16.0. The van der Waals surface area contributed by atoms with Crippen LogP contribution in [0.15, 0.2) is 53.9 Å². The van der Waals surface area contributed by atoms with E-state index < -0.39 is 0 Å². The van der Waals surface area contributed by atoms with Gasteiger partial charge in [-0.2, -0.15) is 0 Å². The maximum Gasteiger partial charge on any atom is 0.270 e. The lowest BCUT2D eigenvalue weighted by molar-refractivity contribution is 0.0854. The second-order valence-electron chi connectivity index (χ2n) is 6.79. The molecule has 3 aromatic rings. The predicted molar refractivity (Wildman–Crippen MR) is 115 cm³/mol. The van der Waals surface area contributed by atoms with Gasteiger partial charge < -0.3 is 14.8 Å². The molecule has 0 radical (unpaired) electrons. The highest BCUT2D eigenvalue weighted by molar-refractivity contribution is 7.13. The molecule has 1 unspecified atom stereocenters. The Hall–Kier alpha value is -2.41. The third kappa shape index (κ3) is 5.15. The second kappa shape index (κ2) is 9.39. The van der Waals surface area contributed by atoms with Crippen molar-refractivity contribution in [3.63, 3.8) is 0 Å². The molecule has 5 nitrogen and oxygen atoms in total. The molecule has 1 aliphatic rings. The number of hydrogen-bond acceptors (Lipinski definition) is 5. The van der Waals surface area contributed by atoms with Gasteiger partial charge in [-0.05, 0) is 31.0 Å². The van der Waals surface area contributed by atoms with Crippen molar-refractivity contribution in [2.75, 3.05) is 13.2 Å². The molecule has 29 heavy (non-hydrogen) atoms. The average molecular weight is 429 g/mol. The molecule has 0 bridgehead atoms. The van der Waals surface area contributed by atoms with E-state index in [1.807, 2.05) is 48.5 Å². The van der Waals surface area contributed by atoms with E-state index in [-0.39, 0.29) is 12.0 Å². The van der Waals surface area contributed by atoms with E-state index in [9.17, 15) is 4.79 Å². The summed E-state index contributed by atoms with van der Waals surface area (Å²) in [7, 11) is 0. The van der Waals surface area contributed by atoms with Crippen molar-refractivity contribution in [2.24, 2.45) is 0 Å². The van der Waals surface area contributed by atoms with Crippen LogP contribution in [0.4, 0.5) is 0 Å². The van der Waals surface area contributed by atoms with E-state index in [0.29, 0.717) is 23.9 Å². The van der Waals surface area contributed by atoms with Crippen LogP contribution in [0.1, 0.15) is 28.9 Å². The fourth-order valence-electron chi connectivity index (χ4n) is 3.11. The standard InChI is InChI=1S/C22H21ClN2O3S/c23-19-9-2-1-5-16(19)13-28-17-7-3-6-15(11-17)22-25-20(14-29-22)21(26)24-12-18-8-4-10-27-18/h1-3,5-7,9,11,14,18H,4,8,10,12-13H2,(H,24,26). The van der Waals surface area contributed by atoms with Gasteiger partial charge in [0.05, 0.1) is 6.10 Å². The smallest absolute Gasteiger partial charge is 0.270 e. The Kier molecular flexibility index (Phi) is 6.44. The van der Waals surface area contributed by atoms with Gasteiger partial charge in [-0.15, -0.1) is 11.3 Å². The van der Waals surface area contributed by atoms with Crippen LogP contribution in [0.5, 0.6) is 5.75 Å². The number of hydrogen-bond donors (Lipinski definition) is 1. The Bertz CT molecular complexity index is 985. The number of rotatable bonds is 7. The van der Waals surface area contributed by atoms with E-state index in [1.165, 1.54) is 11.3 Å². The van der Waals surface area contributed by atoms with Gasteiger partial charge in [0.1, 0.15) is 23.1 Å². The van der Waals surface area contributed by atoms with E-state index in [0.717, 1.165) is 41.3 Å². The van der Waals surface area contributed by atoms with Crippen LogP contribution < -0.4 is 10.1 Å². The van der Waals surface area contributed by atoms with Crippen molar-refractivity contribution in [3.05, 3.63) is 70.2 Å². The first-order valence-corrected chi connectivity index (χ1v) is 10.8. The highest BCUT2D eigenvalue weighted by Crippen LogP contribution is 2.28.